The molecular formula is C16H19NO4. The van der Waals surface area contributed by atoms with Gasteiger partial charge in [-0.3, -0.25) is 4.79 Å². The first-order valence-electron chi connectivity index (χ1n) is 6.69. The zero-order chi connectivity index (χ0) is 15.8. The van der Waals surface area contributed by atoms with Crippen molar-refractivity contribution in [3.8, 4) is 0 Å². The van der Waals surface area contributed by atoms with E-state index in [1.165, 1.54) is 6.07 Å². The Morgan fingerprint density at radius 2 is 1.81 bits per heavy atom. The van der Waals surface area contributed by atoms with Crippen molar-refractivity contribution in [3.63, 3.8) is 0 Å². The average Bonchev–Trinajstić information content (AvgIpc) is 2.35. The van der Waals surface area contributed by atoms with Crippen molar-refractivity contribution < 1.29 is 14.3 Å². The molecule has 0 fully saturated rings. The van der Waals surface area contributed by atoms with Crippen LogP contribution in [-0.2, 0) is 0 Å². The SMILES string of the molecule is CC(C)(O)C(C)(C)NC(=O)c1cc2ccccc2oc1=O. The summed E-state index contributed by atoms with van der Waals surface area (Å²) in [5.41, 5.74) is -2.38. The second-order valence-corrected chi connectivity index (χ2v) is 6.12. The molecule has 0 saturated carbocycles. The fourth-order valence-electron chi connectivity index (χ4n) is 1.72. The third-order valence-electron chi connectivity index (χ3n) is 3.84. The van der Waals surface area contributed by atoms with E-state index in [9.17, 15) is 14.7 Å². The van der Waals surface area contributed by atoms with Gasteiger partial charge in [0.15, 0.2) is 0 Å². The van der Waals surface area contributed by atoms with Gasteiger partial charge in [0, 0.05) is 5.39 Å². The zero-order valence-corrected chi connectivity index (χ0v) is 12.6. The van der Waals surface area contributed by atoms with Crippen LogP contribution in [0.5, 0.6) is 0 Å². The van der Waals surface area contributed by atoms with E-state index >= 15 is 0 Å². The van der Waals surface area contributed by atoms with Crippen LogP contribution in [0.3, 0.4) is 0 Å². The molecule has 0 spiro atoms. The first-order chi connectivity index (χ1) is 9.62. The summed E-state index contributed by atoms with van der Waals surface area (Å²) >= 11 is 0. The fourth-order valence-corrected chi connectivity index (χ4v) is 1.72. The van der Waals surface area contributed by atoms with E-state index in [2.05, 4.69) is 5.32 Å². The van der Waals surface area contributed by atoms with E-state index in [0.29, 0.717) is 11.0 Å². The number of nitrogens with one attached hydrogen (secondary N) is 1. The summed E-state index contributed by atoms with van der Waals surface area (Å²) in [7, 11) is 0. The minimum Gasteiger partial charge on any atom is -0.422 e. The maximum atomic E-state index is 12.3. The fraction of sp³-hybridized carbons (Fsp3) is 0.375. The average molecular weight is 289 g/mol. The molecular weight excluding hydrogens is 270 g/mol. The smallest absolute Gasteiger partial charge is 0.349 e. The normalized spacial score (nSPS) is 12.4. The van der Waals surface area contributed by atoms with Crippen molar-refractivity contribution in [3.05, 3.63) is 46.3 Å². The third kappa shape index (κ3) is 2.97. The molecule has 0 aliphatic heterocycles. The van der Waals surface area contributed by atoms with Crippen LogP contribution in [-0.4, -0.2) is 22.2 Å². The van der Waals surface area contributed by atoms with Crippen molar-refractivity contribution in [2.45, 2.75) is 38.8 Å². The first-order valence-corrected chi connectivity index (χ1v) is 6.69. The molecule has 0 saturated heterocycles. The van der Waals surface area contributed by atoms with E-state index in [1.54, 1.807) is 52.0 Å². The van der Waals surface area contributed by atoms with Crippen LogP contribution in [0.25, 0.3) is 11.0 Å². The molecule has 21 heavy (non-hydrogen) atoms. The monoisotopic (exact) mass is 289 g/mol. The number of para-hydroxylation sites is 1. The lowest BCUT2D eigenvalue weighted by Gasteiger charge is -2.37. The largest absolute Gasteiger partial charge is 0.422 e. The molecule has 112 valence electrons. The number of hydrogen-bond acceptors (Lipinski definition) is 4. The predicted molar refractivity (Wildman–Crippen MR) is 80.3 cm³/mol. The number of hydrogen-bond donors (Lipinski definition) is 2. The molecule has 5 heteroatoms. The standard InChI is InChI=1S/C16H19NO4/c1-15(2,16(3,4)20)17-13(18)11-9-10-7-5-6-8-12(10)21-14(11)19/h5-9,20H,1-4H3,(H,17,18). The molecule has 0 radical (unpaired) electrons. The molecule has 2 N–H and O–H groups in total. The quantitative estimate of drug-likeness (QED) is 0.848. The highest BCUT2D eigenvalue weighted by molar-refractivity contribution is 5.97. The van der Waals surface area contributed by atoms with Crippen LogP contribution in [0, 0.1) is 0 Å². The van der Waals surface area contributed by atoms with Gasteiger partial charge in [-0.25, -0.2) is 4.79 Å². The van der Waals surface area contributed by atoms with Crippen molar-refractivity contribution in [2.24, 2.45) is 0 Å². The lowest BCUT2D eigenvalue weighted by molar-refractivity contribution is -0.00299. The predicted octanol–water partition coefficient (Wildman–Crippen LogP) is 2.07. The van der Waals surface area contributed by atoms with Gasteiger partial charge in [0.1, 0.15) is 11.1 Å². The topological polar surface area (TPSA) is 79.5 Å². The molecule has 5 nitrogen and oxygen atoms in total. The zero-order valence-electron chi connectivity index (χ0n) is 12.6. The Bertz CT molecular complexity index is 738. The van der Waals surface area contributed by atoms with Gasteiger partial charge in [-0.15, -0.1) is 0 Å². The Kier molecular flexibility index (Phi) is 3.63. The lowest BCUT2D eigenvalue weighted by Crippen LogP contribution is -2.58. The van der Waals surface area contributed by atoms with Crippen LogP contribution in [0.4, 0.5) is 0 Å². The van der Waals surface area contributed by atoms with E-state index in [-0.39, 0.29) is 5.56 Å². The van der Waals surface area contributed by atoms with E-state index in [0.717, 1.165) is 0 Å². The highest BCUT2D eigenvalue weighted by Gasteiger charge is 2.37. The van der Waals surface area contributed by atoms with Gasteiger partial charge in [-0.05, 0) is 39.8 Å². The molecule has 0 aliphatic carbocycles. The van der Waals surface area contributed by atoms with Crippen LogP contribution in [0.1, 0.15) is 38.1 Å². The van der Waals surface area contributed by atoms with Gasteiger partial charge in [0.05, 0.1) is 11.1 Å². The number of benzene rings is 1. The number of fused-ring (bicyclic) bond motifs is 1. The Labute approximate surface area is 122 Å². The number of rotatable bonds is 3. The molecule has 1 amide bonds. The summed E-state index contributed by atoms with van der Waals surface area (Å²) in [5.74, 6) is -0.568. The maximum absolute atomic E-state index is 12.3. The number of carbonyl (C=O) groups is 1. The van der Waals surface area contributed by atoms with Crippen LogP contribution >= 0.6 is 0 Å². The molecule has 0 aliphatic rings. The van der Waals surface area contributed by atoms with Gasteiger partial charge >= 0.3 is 5.63 Å². The molecule has 2 aromatic rings. The van der Waals surface area contributed by atoms with E-state index < -0.39 is 22.7 Å². The maximum Gasteiger partial charge on any atom is 0.349 e. The molecule has 1 aromatic heterocycles. The van der Waals surface area contributed by atoms with Crippen molar-refractivity contribution in [1.29, 1.82) is 0 Å². The lowest BCUT2D eigenvalue weighted by atomic mass is 9.86. The first kappa shape index (κ1) is 15.3. The highest BCUT2D eigenvalue weighted by atomic mass is 16.4. The van der Waals surface area contributed by atoms with Gasteiger partial charge < -0.3 is 14.8 Å². The summed E-state index contributed by atoms with van der Waals surface area (Å²) in [5, 5.41) is 13.4. The van der Waals surface area contributed by atoms with Crippen LogP contribution < -0.4 is 10.9 Å². The summed E-state index contributed by atoms with van der Waals surface area (Å²) in [6, 6.07) is 8.47. The highest BCUT2D eigenvalue weighted by Crippen LogP contribution is 2.21. The molecule has 0 unspecified atom stereocenters. The Morgan fingerprint density at radius 3 is 2.43 bits per heavy atom. The van der Waals surface area contributed by atoms with Gasteiger partial charge in [0.25, 0.3) is 5.91 Å². The van der Waals surface area contributed by atoms with Crippen molar-refractivity contribution in [2.75, 3.05) is 0 Å². The Balaban J connectivity index is 2.40. The minimum absolute atomic E-state index is 0.0778. The Hall–Kier alpha value is -2.14. The third-order valence-corrected chi connectivity index (χ3v) is 3.84. The molecule has 2 rings (SSSR count). The number of amides is 1. The molecule has 1 heterocycles. The Morgan fingerprint density at radius 1 is 1.19 bits per heavy atom. The molecule has 0 atom stereocenters. The summed E-state index contributed by atoms with van der Waals surface area (Å²) < 4.78 is 5.14. The summed E-state index contributed by atoms with van der Waals surface area (Å²) in [6.45, 7) is 6.56. The van der Waals surface area contributed by atoms with E-state index in [4.69, 9.17) is 4.42 Å². The van der Waals surface area contributed by atoms with Crippen molar-refractivity contribution in [1.82, 2.24) is 5.32 Å². The summed E-state index contributed by atoms with van der Waals surface area (Å²) in [4.78, 5) is 24.2. The molecule has 1 aromatic carbocycles. The van der Waals surface area contributed by atoms with Gasteiger partial charge in [-0.1, -0.05) is 18.2 Å². The number of carbonyl (C=O) groups excluding carboxylic acids is 1. The second kappa shape index (κ2) is 5.00. The van der Waals surface area contributed by atoms with Gasteiger partial charge in [-0.2, -0.15) is 0 Å². The summed E-state index contributed by atoms with van der Waals surface area (Å²) in [6.07, 6.45) is 0. The minimum atomic E-state index is -1.14. The van der Waals surface area contributed by atoms with Gasteiger partial charge in [0.2, 0.25) is 0 Å². The van der Waals surface area contributed by atoms with Crippen molar-refractivity contribution >= 4 is 16.9 Å². The molecule has 0 bridgehead atoms. The number of aliphatic hydroxyl groups is 1. The van der Waals surface area contributed by atoms with Crippen LogP contribution in [0.15, 0.2) is 39.5 Å². The van der Waals surface area contributed by atoms with Crippen LogP contribution in [0.2, 0.25) is 0 Å². The van der Waals surface area contributed by atoms with E-state index in [1.807, 2.05) is 0 Å². The second-order valence-electron chi connectivity index (χ2n) is 6.12.